The minimum Gasteiger partial charge on any atom is -0.464 e. The van der Waals surface area contributed by atoms with Crippen LogP contribution in [0.2, 0.25) is 0 Å². The second-order valence-corrected chi connectivity index (χ2v) is 5.65. The molecule has 0 bridgehead atoms. The molecule has 0 fully saturated rings. The van der Waals surface area contributed by atoms with E-state index < -0.39 is 35.1 Å². The van der Waals surface area contributed by atoms with E-state index in [-0.39, 0.29) is 36.2 Å². The average molecular weight is 391 g/mol. The van der Waals surface area contributed by atoms with Crippen LogP contribution in [0.5, 0.6) is 0 Å². The van der Waals surface area contributed by atoms with Crippen LogP contribution in [0.1, 0.15) is 31.1 Å². The van der Waals surface area contributed by atoms with E-state index in [9.17, 15) is 24.0 Å². The zero-order chi connectivity index (χ0) is 20.8. The number of rotatable bonds is 7. The molecule has 0 aliphatic heterocycles. The zero-order valence-electron chi connectivity index (χ0n) is 15.7. The third-order valence-corrected chi connectivity index (χ3v) is 3.88. The highest BCUT2D eigenvalue weighted by atomic mass is 16.6. The number of amides is 1. The predicted octanol–water partition coefficient (Wildman–Crippen LogP) is -0.0657. The Morgan fingerprint density at radius 2 is 1.68 bits per heavy atom. The number of hydrogen-bond acceptors (Lipinski definition) is 7. The Bertz CT molecular complexity index is 1000. The molecule has 0 radical (unpaired) electrons. The van der Waals surface area contributed by atoms with Crippen LogP contribution in [0.3, 0.4) is 0 Å². The van der Waals surface area contributed by atoms with Crippen LogP contribution in [0, 0.1) is 0 Å². The molecule has 0 saturated carbocycles. The molecule has 0 spiro atoms. The zero-order valence-corrected chi connectivity index (χ0v) is 15.7. The number of esters is 2. The highest BCUT2D eigenvalue weighted by molar-refractivity contribution is 6.06. The molecule has 2 aromatic rings. The smallest absolute Gasteiger partial charge is 0.340 e. The largest absolute Gasteiger partial charge is 0.464 e. The van der Waals surface area contributed by atoms with Gasteiger partial charge in [0.1, 0.15) is 0 Å². The SMILES string of the molecule is CCOC(=O)C(NC(=O)c1ccc2c(=O)n(CC)c(=O)[nH]c2c1)C(=O)OCC. The van der Waals surface area contributed by atoms with Crippen LogP contribution >= 0.6 is 0 Å². The van der Waals surface area contributed by atoms with E-state index in [2.05, 4.69) is 10.3 Å². The molecule has 2 rings (SSSR count). The highest BCUT2D eigenvalue weighted by Gasteiger charge is 2.31. The molecule has 0 atom stereocenters. The van der Waals surface area contributed by atoms with E-state index in [1.807, 2.05) is 0 Å². The molecule has 0 aliphatic carbocycles. The molecule has 1 aromatic heterocycles. The van der Waals surface area contributed by atoms with Crippen molar-refractivity contribution in [2.45, 2.75) is 33.4 Å². The number of carbonyl (C=O) groups excluding carboxylic acids is 3. The lowest BCUT2D eigenvalue weighted by molar-refractivity contribution is -0.157. The molecule has 0 aliphatic rings. The Balaban J connectivity index is 2.37. The Morgan fingerprint density at radius 3 is 2.21 bits per heavy atom. The summed E-state index contributed by atoms with van der Waals surface area (Å²) in [4.78, 5) is 63.2. The van der Waals surface area contributed by atoms with Crippen molar-refractivity contribution in [2.75, 3.05) is 13.2 Å². The molecule has 28 heavy (non-hydrogen) atoms. The van der Waals surface area contributed by atoms with E-state index in [1.54, 1.807) is 20.8 Å². The van der Waals surface area contributed by atoms with Crippen molar-refractivity contribution in [3.8, 4) is 0 Å². The Labute approximate surface area is 159 Å². The van der Waals surface area contributed by atoms with Gasteiger partial charge in [-0.25, -0.2) is 14.4 Å². The molecule has 2 N–H and O–H groups in total. The number of ether oxygens (including phenoxy) is 2. The maximum atomic E-state index is 12.5. The van der Waals surface area contributed by atoms with Crippen LogP contribution in [-0.2, 0) is 25.6 Å². The number of aromatic amines is 1. The highest BCUT2D eigenvalue weighted by Crippen LogP contribution is 2.10. The van der Waals surface area contributed by atoms with Crippen LogP contribution in [0.15, 0.2) is 27.8 Å². The molecule has 10 nitrogen and oxygen atoms in total. The summed E-state index contributed by atoms with van der Waals surface area (Å²) in [5, 5.41) is 2.48. The van der Waals surface area contributed by atoms with Crippen molar-refractivity contribution in [1.29, 1.82) is 0 Å². The van der Waals surface area contributed by atoms with Gasteiger partial charge in [0.2, 0.25) is 6.04 Å². The van der Waals surface area contributed by atoms with Crippen molar-refractivity contribution < 1.29 is 23.9 Å². The van der Waals surface area contributed by atoms with Gasteiger partial charge < -0.3 is 19.8 Å². The van der Waals surface area contributed by atoms with E-state index in [1.165, 1.54) is 18.2 Å². The van der Waals surface area contributed by atoms with Gasteiger partial charge in [-0.1, -0.05) is 0 Å². The number of aromatic nitrogens is 2. The van der Waals surface area contributed by atoms with Gasteiger partial charge in [-0.15, -0.1) is 0 Å². The second-order valence-electron chi connectivity index (χ2n) is 5.65. The van der Waals surface area contributed by atoms with Gasteiger partial charge >= 0.3 is 17.6 Å². The summed E-state index contributed by atoms with van der Waals surface area (Å²) in [5.74, 6) is -2.67. The van der Waals surface area contributed by atoms with Crippen molar-refractivity contribution in [1.82, 2.24) is 14.9 Å². The maximum Gasteiger partial charge on any atom is 0.340 e. The number of carbonyl (C=O) groups is 3. The first-order valence-corrected chi connectivity index (χ1v) is 8.75. The Kier molecular flexibility index (Phi) is 6.69. The number of benzene rings is 1. The van der Waals surface area contributed by atoms with Crippen molar-refractivity contribution in [3.05, 3.63) is 44.6 Å². The van der Waals surface area contributed by atoms with Gasteiger partial charge in [0.15, 0.2) is 0 Å². The Morgan fingerprint density at radius 1 is 1.07 bits per heavy atom. The summed E-state index contributed by atoms with van der Waals surface area (Å²) in [6.07, 6.45) is 0. The molecule has 150 valence electrons. The summed E-state index contributed by atoms with van der Waals surface area (Å²) in [6, 6.07) is 2.40. The molecule has 1 amide bonds. The van der Waals surface area contributed by atoms with E-state index in [4.69, 9.17) is 9.47 Å². The molecule has 0 saturated heterocycles. The first-order chi connectivity index (χ1) is 13.3. The number of nitrogens with zero attached hydrogens (tertiary/aromatic N) is 1. The Hall–Kier alpha value is -3.43. The number of hydrogen-bond donors (Lipinski definition) is 2. The molecule has 0 unspecified atom stereocenters. The van der Waals surface area contributed by atoms with Gasteiger partial charge in [-0.3, -0.25) is 14.2 Å². The van der Waals surface area contributed by atoms with Crippen molar-refractivity contribution in [2.24, 2.45) is 0 Å². The van der Waals surface area contributed by atoms with Crippen LogP contribution < -0.4 is 16.6 Å². The summed E-state index contributed by atoms with van der Waals surface area (Å²) in [6.45, 7) is 5.02. The minimum absolute atomic E-state index is 0.0194. The fourth-order valence-corrected chi connectivity index (χ4v) is 2.56. The van der Waals surface area contributed by atoms with Gasteiger partial charge in [0.05, 0.1) is 24.1 Å². The average Bonchev–Trinajstić information content (AvgIpc) is 2.66. The summed E-state index contributed by atoms with van der Waals surface area (Å²) in [7, 11) is 0. The standard InChI is InChI=1S/C18H21N3O7/c1-4-21-15(23)11-8-7-10(9-12(11)19-18(21)26)14(22)20-13(16(24)27-5-2)17(25)28-6-3/h7-9,13H,4-6H2,1-3H3,(H,19,26)(H,20,22). The van der Waals surface area contributed by atoms with Gasteiger partial charge in [0.25, 0.3) is 11.5 Å². The normalized spacial score (nSPS) is 10.7. The van der Waals surface area contributed by atoms with E-state index in [0.29, 0.717) is 0 Å². The van der Waals surface area contributed by atoms with E-state index in [0.717, 1.165) is 4.57 Å². The van der Waals surface area contributed by atoms with E-state index >= 15 is 0 Å². The van der Waals surface area contributed by atoms with Crippen LogP contribution in [0.25, 0.3) is 10.9 Å². The fourth-order valence-electron chi connectivity index (χ4n) is 2.56. The molecule has 1 heterocycles. The lowest BCUT2D eigenvalue weighted by atomic mass is 10.1. The maximum absolute atomic E-state index is 12.5. The van der Waals surface area contributed by atoms with Crippen molar-refractivity contribution >= 4 is 28.7 Å². The van der Waals surface area contributed by atoms with Crippen molar-refractivity contribution in [3.63, 3.8) is 0 Å². The summed E-state index contributed by atoms with van der Waals surface area (Å²) in [5.41, 5.74) is -0.885. The van der Waals surface area contributed by atoms with Crippen LogP contribution in [0.4, 0.5) is 0 Å². The number of H-pyrrole nitrogens is 1. The predicted molar refractivity (Wildman–Crippen MR) is 99.0 cm³/mol. The minimum atomic E-state index is -1.63. The second kappa shape index (κ2) is 8.98. The molecule has 1 aromatic carbocycles. The lowest BCUT2D eigenvalue weighted by Gasteiger charge is -2.16. The third kappa shape index (κ3) is 4.27. The van der Waals surface area contributed by atoms with Gasteiger partial charge in [-0.2, -0.15) is 0 Å². The monoisotopic (exact) mass is 391 g/mol. The van der Waals surface area contributed by atoms with Gasteiger partial charge in [0, 0.05) is 12.1 Å². The quantitative estimate of drug-likeness (QED) is 0.498. The summed E-state index contributed by atoms with van der Waals surface area (Å²) >= 11 is 0. The number of fused-ring (bicyclic) bond motifs is 1. The van der Waals surface area contributed by atoms with Gasteiger partial charge in [-0.05, 0) is 39.0 Å². The van der Waals surface area contributed by atoms with Crippen LogP contribution in [-0.4, -0.2) is 46.7 Å². The first-order valence-electron chi connectivity index (χ1n) is 8.75. The molecular weight excluding hydrogens is 370 g/mol. The fraction of sp³-hybridized carbons (Fsp3) is 0.389. The third-order valence-electron chi connectivity index (χ3n) is 3.88. The first kappa shape index (κ1) is 20.9. The molecular formula is C18H21N3O7. The lowest BCUT2D eigenvalue weighted by Crippen LogP contribution is -2.48. The summed E-state index contributed by atoms with van der Waals surface area (Å²) < 4.78 is 10.6. The number of nitrogens with one attached hydrogen (secondary N) is 2. The molecule has 10 heteroatoms. The topological polar surface area (TPSA) is 137 Å².